The number of benzene rings is 2. The van der Waals surface area contributed by atoms with Crippen LogP contribution in [-0.2, 0) is 0 Å². The summed E-state index contributed by atoms with van der Waals surface area (Å²) in [4.78, 5) is 12.2. The molecule has 134 valence electrons. The van der Waals surface area contributed by atoms with Gasteiger partial charge in [-0.05, 0) is 46.3 Å². The molecule has 2 aromatic carbocycles. The Bertz CT molecular complexity index is 872. The smallest absolute Gasteiger partial charge is 0.253 e. The van der Waals surface area contributed by atoms with Crippen molar-refractivity contribution in [2.24, 2.45) is 0 Å². The van der Waals surface area contributed by atoms with E-state index in [2.05, 4.69) is 33.1 Å². The Balaban J connectivity index is 1.46. The number of rotatable bonds is 5. The molecule has 0 unspecified atom stereocenters. The van der Waals surface area contributed by atoms with Crippen LogP contribution in [0.5, 0.6) is 23.0 Å². The fourth-order valence-corrected chi connectivity index (χ4v) is 2.65. The summed E-state index contributed by atoms with van der Waals surface area (Å²) in [5.41, 5.74) is 0.489. The fraction of sp³-hybridized carbons (Fsp3) is 0.211. The van der Waals surface area contributed by atoms with Gasteiger partial charge in [-0.3, -0.25) is 4.79 Å². The van der Waals surface area contributed by atoms with Gasteiger partial charge in [0.05, 0.1) is 19.2 Å². The van der Waals surface area contributed by atoms with Crippen LogP contribution in [0.2, 0.25) is 0 Å². The minimum atomic E-state index is -0.234. The molecule has 1 aliphatic heterocycles. The van der Waals surface area contributed by atoms with E-state index in [1.807, 2.05) is 0 Å². The van der Waals surface area contributed by atoms with Gasteiger partial charge in [-0.1, -0.05) is 11.8 Å². The first-order valence-electron chi connectivity index (χ1n) is 7.77. The Kier molecular flexibility index (Phi) is 5.87. The number of hydrogen-bond donors (Lipinski definition) is 1. The molecule has 1 N–H and O–H groups in total. The predicted molar refractivity (Wildman–Crippen MR) is 98.9 cm³/mol. The molecule has 1 heterocycles. The highest BCUT2D eigenvalue weighted by atomic mass is 79.9. The molecule has 0 saturated carbocycles. The molecule has 0 radical (unpaired) electrons. The van der Waals surface area contributed by atoms with Crippen molar-refractivity contribution < 1.29 is 23.7 Å². The van der Waals surface area contributed by atoms with Crippen LogP contribution in [0.1, 0.15) is 10.4 Å². The van der Waals surface area contributed by atoms with Crippen LogP contribution in [0.4, 0.5) is 0 Å². The number of methoxy groups -OCH3 is 1. The van der Waals surface area contributed by atoms with Crippen molar-refractivity contribution in [3.63, 3.8) is 0 Å². The summed E-state index contributed by atoms with van der Waals surface area (Å²) in [5, 5.41) is 2.73. The third-order valence-corrected chi connectivity index (χ3v) is 4.23. The number of carbonyl (C=O) groups excluding carboxylic acids is 1. The van der Waals surface area contributed by atoms with Crippen LogP contribution in [0.15, 0.2) is 40.9 Å². The standard InChI is InChI=1S/C19H16BrNO5/c1-23-13-4-6-16(20)15(10-13)19(22)21-8-2-3-9-24-14-5-7-17-18(11-14)26-12-25-17/h4-7,10-11H,8-9,12H2,1H3,(H,21,22). The van der Waals surface area contributed by atoms with Crippen LogP contribution < -0.4 is 24.3 Å². The molecule has 0 spiro atoms. The molecule has 6 nitrogen and oxygen atoms in total. The first kappa shape index (κ1) is 18.0. The normalized spacial score (nSPS) is 11.3. The molecule has 7 heteroatoms. The van der Waals surface area contributed by atoms with E-state index in [4.69, 9.17) is 18.9 Å². The average molecular weight is 418 g/mol. The molecule has 0 bridgehead atoms. The molecule has 0 aromatic heterocycles. The average Bonchev–Trinajstić information content (AvgIpc) is 3.12. The van der Waals surface area contributed by atoms with Crippen molar-refractivity contribution in [2.45, 2.75) is 0 Å². The monoisotopic (exact) mass is 417 g/mol. The largest absolute Gasteiger partial charge is 0.497 e. The van der Waals surface area contributed by atoms with Gasteiger partial charge < -0.3 is 24.3 Å². The molecule has 1 aliphatic rings. The molecule has 26 heavy (non-hydrogen) atoms. The summed E-state index contributed by atoms with van der Waals surface area (Å²) in [5.74, 6) is 8.08. The first-order chi connectivity index (χ1) is 12.7. The third-order valence-electron chi connectivity index (χ3n) is 3.54. The van der Waals surface area contributed by atoms with E-state index >= 15 is 0 Å². The van der Waals surface area contributed by atoms with Crippen molar-refractivity contribution >= 4 is 21.8 Å². The lowest BCUT2D eigenvalue weighted by atomic mass is 10.2. The van der Waals surface area contributed by atoms with Gasteiger partial charge in [0.2, 0.25) is 6.79 Å². The van der Waals surface area contributed by atoms with Gasteiger partial charge in [0.15, 0.2) is 11.5 Å². The maximum absolute atomic E-state index is 12.2. The van der Waals surface area contributed by atoms with Crippen molar-refractivity contribution in [3.8, 4) is 34.8 Å². The Morgan fingerprint density at radius 1 is 1.15 bits per heavy atom. The maximum atomic E-state index is 12.2. The quantitative estimate of drug-likeness (QED) is 0.757. The zero-order chi connectivity index (χ0) is 18.4. The number of halogens is 1. The number of hydrogen-bond acceptors (Lipinski definition) is 5. The minimum Gasteiger partial charge on any atom is -0.497 e. The second-order valence-electron chi connectivity index (χ2n) is 5.19. The summed E-state index contributed by atoms with van der Waals surface area (Å²) >= 11 is 3.35. The highest BCUT2D eigenvalue weighted by Gasteiger charge is 2.13. The zero-order valence-corrected chi connectivity index (χ0v) is 15.6. The van der Waals surface area contributed by atoms with E-state index in [0.717, 1.165) is 0 Å². The number of fused-ring (bicyclic) bond motifs is 1. The summed E-state index contributed by atoms with van der Waals surface area (Å²) in [6.07, 6.45) is 0. The molecule has 1 amide bonds. The van der Waals surface area contributed by atoms with E-state index in [1.165, 1.54) is 0 Å². The second kappa shape index (κ2) is 8.50. The Morgan fingerprint density at radius 3 is 2.81 bits per heavy atom. The third kappa shape index (κ3) is 4.41. The summed E-state index contributed by atoms with van der Waals surface area (Å²) in [7, 11) is 1.55. The molecular weight excluding hydrogens is 402 g/mol. The Hall–Kier alpha value is -2.85. The van der Waals surface area contributed by atoms with Gasteiger partial charge in [-0.2, -0.15) is 0 Å². The summed E-state index contributed by atoms with van der Waals surface area (Å²) < 4.78 is 21.9. The minimum absolute atomic E-state index is 0.207. The summed E-state index contributed by atoms with van der Waals surface area (Å²) in [6.45, 7) is 0.646. The van der Waals surface area contributed by atoms with Gasteiger partial charge in [-0.25, -0.2) is 0 Å². The van der Waals surface area contributed by atoms with E-state index in [-0.39, 0.29) is 25.9 Å². The Labute approximate surface area is 159 Å². The van der Waals surface area contributed by atoms with Crippen molar-refractivity contribution in [2.75, 3.05) is 27.1 Å². The topological polar surface area (TPSA) is 66.0 Å². The number of carbonyl (C=O) groups is 1. The number of nitrogens with one attached hydrogen (secondary N) is 1. The van der Waals surface area contributed by atoms with Crippen molar-refractivity contribution in [3.05, 3.63) is 46.4 Å². The molecular formula is C19H16BrNO5. The predicted octanol–water partition coefficient (Wildman–Crippen LogP) is 3.00. The molecule has 3 rings (SSSR count). The van der Waals surface area contributed by atoms with E-state index < -0.39 is 0 Å². The Morgan fingerprint density at radius 2 is 1.96 bits per heavy atom. The van der Waals surface area contributed by atoms with Crippen LogP contribution in [0.25, 0.3) is 0 Å². The molecule has 0 saturated heterocycles. The zero-order valence-electron chi connectivity index (χ0n) is 14.0. The van der Waals surface area contributed by atoms with E-state index in [0.29, 0.717) is 33.0 Å². The molecule has 2 aromatic rings. The highest BCUT2D eigenvalue weighted by molar-refractivity contribution is 9.10. The lowest BCUT2D eigenvalue weighted by Gasteiger charge is -2.06. The molecule has 0 aliphatic carbocycles. The van der Waals surface area contributed by atoms with E-state index in [1.54, 1.807) is 43.5 Å². The second-order valence-corrected chi connectivity index (χ2v) is 6.04. The van der Waals surface area contributed by atoms with Gasteiger partial charge in [0.1, 0.15) is 18.1 Å². The number of amides is 1. The van der Waals surface area contributed by atoms with Crippen molar-refractivity contribution in [1.29, 1.82) is 0 Å². The van der Waals surface area contributed by atoms with Crippen LogP contribution in [0, 0.1) is 11.8 Å². The van der Waals surface area contributed by atoms with Gasteiger partial charge >= 0.3 is 0 Å². The van der Waals surface area contributed by atoms with Crippen molar-refractivity contribution in [1.82, 2.24) is 5.32 Å². The molecule has 0 fully saturated rings. The van der Waals surface area contributed by atoms with Gasteiger partial charge in [0.25, 0.3) is 5.91 Å². The highest BCUT2D eigenvalue weighted by Crippen LogP contribution is 2.34. The first-order valence-corrected chi connectivity index (χ1v) is 8.56. The van der Waals surface area contributed by atoms with Crippen LogP contribution in [-0.4, -0.2) is 33.0 Å². The van der Waals surface area contributed by atoms with Crippen LogP contribution >= 0.6 is 15.9 Å². The maximum Gasteiger partial charge on any atom is 0.253 e. The SMILES string of the molecule is COc1ccc(Br)c(C(=O)NCC#CCOc2ccc3c(c2)OCO3)c1. The lowest BCUT2D eigenvalue weighted by Crippen LogP contribution is -2.24. The van der Waals surface area contributed by atoms with Crippen LogP contribution in [0.3, 0.4) is 0 Å². The molecule has 0 atom stereocenters. The lowest BCUT2D eigenvalue weighted by molar-refractivity contribution is 0.0957. The van der Waals surface area contributed by atoms with Gasteiger partial charge in [-0.15, -0.1) is 0 Å². The number of ether oxygens (including phenoxy) is 4. The van der Waals surface area contributed by atoms with Gasteiger partial charge in [0, 0.05) is 10.5 Å². The fourth-order valence-electron chi connectivity index (χ4n) is 2.22. The summed E-state index contributed by atoms with van der Waals surface area (Å²) in [6, 6.07) is 10.5. The van der Waals surface area contributed by atoms with E-state index in [9.17, 15) is 4.79 Å².